The Bertz CT molecular complexity index is 238. The molecule has 0 aromatic heterocycles. The first-order valence-electron chi connectivity index (χ1n) is 6.05. The van der Waals surface area contributed by atoms with E-state index >= 15 is 0 Å². The molecule has 2 fully saturated rings. The summed E-state index contributed by atoms with van der Waals surface area (Å²) < 4.78 is 0. The number of hydrogen-bond acceptors (Lipinski definition) is 3. The largest absolute Gasteiger partial charge is 0.306 e. The molecule has 86 valence electrons. The van der Waals surface area contributed by atoms with Crippen molar-refractivity contribution in [3.63, 3.8) is 0 Å². The van der Waals surface area contributed by atoms with Crippen molar-refractivity contribution in [2.75, 3.05) is 40.3 Å². The van der Waals surface area contributed by atoms with Gasteiger partial charge in [-0.2, -0.15) is 0 Å². The molecule has 3 nitrogen and oxygen atoms in total. The summed E-state index contributed by atoms with van der Waals surface area (Å²) in [6.45, 7) is 4.17. The first kappa shape index (κ1) is 11.1. The number of carbonyl (C=O) groups excluding carboxylic acids is 1. The molecule has 15 heavy (non-hydrogen) atoms. The van der Waals surface area contributed by atoms with E-state index in [0.717, 1.165) is 25.3 Å². The van der Waals surface area contributed by atoms with Gasteiger partial charge in [0.1, 0.15) is 5.78 Å². The highest BCUT2D eigenvalue weighted by Crippen LogP contribution is 2.30. The van der Waals surface area contributed by atoms with Crippen LogP contribution in [0.2, 0.25) is 0 Å². The normalized spacial score (nSPS) is 27.5. The highest BCUT2D eigenvalue weighted by Gasteiger charge is 2.30. The van der Waals surface area contributed by atoms with Crippen molar-refractivity contribution in [3.05, 3.63) is 0 Å². The summed E-state index contributed by atoms with van der Waals surface area (Å²) in [5, 5.41) is 0. The van der Waals surface area contributed by atoms with Gasteiger partial charge in [0, 0.05) is 19.0 Å². The SMILES string of the molecule is CN1CCC(CN(C)CC(=O)C2CC2)C1. The third-order valence-electron chi connectivity index (χ3n) is 3.52. The van der Waals surface area contributed by atoms with Crippen LogP contribution in [0.3, 0.4) is 0 Å². The predicted molar refractivity (Wildman–Crippen MR) is 60.8 cm³/mol. The minimum atomic E-state index is 0.415. The number of rotatable bonds is 5. The highest BCUT2D eigenvalue weighted by molar-refractivity contribution is 5.84. The van der Waals surface area contributed by atoms with Gasteiger partial charge in [0.25, 0.3) is 0 Å². The molecular formula is C12H22N2O. The number of likely N-dealkylation sites (tertiary alicyclic amines) is 1. The van der Waals surface area contributed by atoms with Gasteiger partial charge in [-0.3, -0.25) is 9.69 Å². The van der Waals surface area contributed by atoms with E-state index in [1.165, 1.54) is 19.5 Å². The van der Waals surface area contributed by atoms with Crippen LogP contribution in [-0.4, -0.2) is 55.9 Å². The van der Waals surface area contributed by atoms with E-state index < -0.39 is 0 Å². The van der Waals surface area contributed by atoms with Crippen molar-refractivity contribution in [2.24, 2.45) is 11.8 Å². The van der Waals surface area contributed by atoms with Crippen LogP contribution >= 0.6 is 0 Å². The van der Waals surface area contributed by atoms with Crippen LogP contribution < -0.4 is 0 Å². The zero-order chi connectivity index (χ0) is 10.8. The van der Waals surface area contributed by atoms with E-state index in [1.54, 1.807) is 0 Å². The van der Waals surface area contributed by atoms with E-state index in [-0.39, 0.29) is 0 Å². The quantitative estimate of drug-likeness (QED) is 0.672. The summed E-state index contributed by atoms with van der Waals surface area (Å²) >= 11 is 0. The number of likely N-dealkylation sites (N-methyl/N-ethyl adjacent to an activating group) is 1. The summed E-state index contributed by atoms with van der Waals surface area (Å²) in [5.74, 6) is 1.65. The lowest BCUT2D eigenvalue weighted by atomic mass is 10.1. The number of nitrogens with zero attached hydrogens (tertiary/aromatic N) is 2. The second kappa shape index (κ2) is 4.62. The fraction of sp³-hybridized carbons (Fsp3) is 0.917. The molecule has 2 aliphatic rings. The van der Waals surface area contributed by atoms with Crippen molar-refractivity contribution in [1.82, 2.24) is 9.80 Å². The monoisotopic (exact) mass is 210 g/mol. The molecule has 0 amide bonds. The molecule has 1 saturated heterocycles. The number of ketones is 1. The molecule has 3 heteroatoms. The molecule has 1 saturated carbocycles. The van der Waals surface area contributed by atoms with Gasteiger partial charge in [0.05, 0.1) is 6.54 Å². The van der Waals surface area contributed by atoms with Gasteiger partial charge in [0.2, 0.25) is 0 Å². The fourth-order valence-corrected chi connectivity index (χ4v) is 2.48. The first-order chi connectivity index (χ1) is 7.15. The van der Waals surface area contributed by atoms with E-state index in [0.29, 0.717) is 18.2 Å². The van der Waals surface area contributed by atoms with Crippen LogP contribution in [0.25, 0.3) is 0 Å². The average molecular weight is 210 g/mol. The van der Waals surface area contributed by atoms with Crippen LogP contribution in [0, 0.1) is 11.8 Å². The molecule has 1 heterocycles. The molecule has 1 unspecified atom stereocenters. The Kier molecular flexibility index (Phi) is 3.42. The van der Waals surface area contributed by atoms with E-state index in [9.17, 15) is 4.79 Å². The third kappa shape index (κ3) is 3.28. The van der Waals surface area contributed by atoms with Gasteiger partial charge in [-0.25, -0.2) is 0 Å². The van der Waals surface area contributed by atoms with Gasteiger partial charge in [0.15, 0.2) is 0 Å². The van der Waals surface area contributed by atoms with Gasteiger partial charge >= 0.3 is 0 Å². The maximum absolute atomic E-state index is 11.6. The van der Waals surface area contributed by atoms with Gasteiger partial charge in [-0.05, 0) is 45.8 Å². The van der Waals surface area contributed by atoms with E-state index in [2.05, 4.69) is 23.9 Å². The Morgan fingerprint density at radius 2 is 2.13 bits per heavy atom. The Labute approximate surface area is 92.4 Å². The van der Waals surface area contributed by atoms with Gasteiger partial charge < -0.3 is 4.90 Å². The molecule has 2 rings (SSSR count). The molecular weight excluding hydrogens is 188 g/mol. The third-order valence-corrected chi connectivity index (χ3v) is 3.52. The van der Waals surface area contributed by atoms with Crippen molar-refractivity contribution >= 4 is 5.78 Å². The van der Waals surface area contributed by atoms with E-state index in [1.807, 2.05) is 0 Å². The van der Waals surface area contributed by atoms with Crippen LogP contribution in [0.15, 0.2) is 0 Å². The van der Waals surface area contributed by atoms with Crippen LogP contribution in [0.4, 0.5) is 0 Å². The molecule has 1 aliphatic heterocycles. The van der Waals surface area contributed by atoms with Crippen LogP contribution in [0.5, 0.6) is 0 Å². The predicted octanol–water partition coefficient (Wildman–Crippen LogP) is 0.849. The van der Waals surface area contributed by atoms with Crippen molar-refractivity contribution in [1.29, 1.82) is 0 Å². The van der Waals surface area contributed by atoms with Crippen molar-refractivity contribution < 1.29 is 4.79 Å². The number of carbonyl (C=O) groups is 1. The summed E-state index contributed by atoms with van der Waals surface area (Å²) in [6, 6.07) is 0. The summed E-state index contributed by atoms with van der Waals surface area (Å²) in [7, 11) is 4.26. The maximum atomic E-state index is 11.6. The summed E-state index contributed by atoms with van der Waals surface area (Å²) in [6.07, 6.45) is 3.57. The van der Waals surface area contributed by atoms with Gasteiger partial charge in [-0.15, -0.1) is 0 Å². The Morgan fingerprint density at radius 3 is 2.67 bits per heavy atom. The molecule has 0 aromatic rings. The molecule has 0 radical (unpaired) electrons. The minimum absolute atomic E-state index is 0.415. The average Bonchev–Trinajstić information content (AvgIpc) is 2.92. The lowest BCUT2D eigenvalue weighted by Crippen LogP contribution is -2.32. The molecule has 1 aliphatic carbocycles. The standard InChI is InChI=1S/C12H22N2O/c1-13-6-5-10(7-13)8-14(2)9-12(15)11-3-4-11/h10-11H,3-9H2,1-2H3. The second-order valence-corrected chi connectivity index (χ2v) is 5.35. The van der Waals surface area contributed by atoms with Gasteiger partial charge in [-0.1, -0.05) is 0 Å². The summed E-state index contributed by atoms with van der Waals surface area (Å²) in [4.78, 5) is 16.2. The topological polar surface area (TPSA) is 23.6 Å². The minimum Gasteiger partial charge on any atom is -0.306 e. The van der Waals surface area contributed by atoms with Crippen LogP contribution in [0.1, 0.15) is 19.3 Å². The summed E-state index contributed by atoms with van der Waals surface area (Å²) in [5.41, 5.74) is 0. The first-order valence-corrected chi connectivity index (χ1v) is 6.05. The molecule has 0 aromatic carbocycles. The molecule has 0 spiro atoms. The Balaban J connectivity index is 1.67. The lowest BCUT2D eigenvalue weighted by molar-refractivity contribution is -0.121. The molecule has 0 N–H and O–H groups in total. The van der Waals surface area contributed by atoms with Crippen molar-refractivity contribution in [3.8, 4) is 0 Å². The fourth-order valence-electron chi connectivity index (χ4n) is 2.48. The smallest absolute Gasteiger partial charge is 0.149 e. The second-order valence-electron chi connectivity index (χ2n) is 5.35. The number of hydrogen-bond donors (Lipinski definition) is 0. The zero-order valence-electron chi connectivity index (χ0n) is 9.91. The Hall–Kier alpha value is -0.410. The van der Waals surface area contributed by atoms with E-state index in [4.69, 9.17) is 0 Å². The Morgan fingerprint density at radius 1 is 1.40 bits per heavy atom. The number of Topliss-reactive ketones (excluding diaryl/α,β-unsaturated/α-hetero) is 1. The zero-order valence-corrected chi connectivity index (χ0v) is 9.91. The maximum Gasteiger partial charge on any atom is 0.149 e. The van der Waals surface area contributed by atoms with Crippen LogP contribution in [-0.2, 0) is 4.79 Å². The highest BCUT2D eigenvalue weighted by atomic mass is 16.1. The molecule has 1 atom stereocenters. The van der Waals surface area contributed by atoms with Crippen molar-refractivity contribution in [2.45, 2.75) is 19.3 Å². The lowest BCUT2D eigenvalue weighted by Gasteiger charge is -2.20. The molecule has 0 bridgehead atoms.